The number of carboxylic acid groups (broad SMARTS) is 1. The first kappa shape index (κ1) is 25.9. The minimum absolute atomic E-state index is 0. The standard InChI is InChI=1S/C25H22N2O5S2.Na.H/c28-20(13-16-7-2-1-3-8-16)26-21-22(29)27-14-25(24(30)31,15-33-23(21)27)34-19-11-5-4-9-17(19)18-10-6-12-32-18;;/h1-12,21,23H,13-15H2,(H,26,28)(H,30,31);;/t21?,23-,25?;;/m1../s1. The van der Waals surface area contributed by atoms with Crippen LogP contribution in [0.1, 0.15) is 5.56 Å². The average Bonchev–Trinajstić information content (AvgIpc) is 3.38. The number of nitrogens with zero attached hydrogens (tertiary/aromatic N) is 1. The van der Waals surface area contributed by atoms with E-state index in [-0.39, 0.29) is 59.7 Å². The van der Waals surface area contributed by atoms with E-state index in [1.165, 1.54) is 23.5 Å². The average molecular weight is 519 g/mol. The molecule has 0 bridgehead atoms. The second-order valence-electron chi connectivity index (χ2n) is 8.25. The molecule has 3 atom stereocenters. The summed E-state index contributed by atoms with van der Waals surface area (Å²) in [6.45, 7) is 0.0705. The number of rotatable bonds is 7. The molecule has 176 valence electrons. The number of benzene rings is 2. The molecule has 2 saturated heterocycles. The molecule has 2 amide bonds. The van der Waals surface area contributed by atoms with Crippen LogP contribution in [-0.2, 0) is 20.8 Å². The van der Waals surface area contributed by atoms with Crippen molar-refractivity contribution in [1.82, 2.24) is 10.2 Å². The topological polar surface area (TPSA) is 99.9 Å². The van der Waals surface area contributed by atoms with Crippen LogP contribution in [0.5, 0.6) is 0 Å². The number of hydrogen-bond acceptors (Lipinski definition) is 6. The van der Waals surface area contributed by atoms with Gasteiger partial charge in [0.05, 0.1) is 12.7 Å². The predicted molar refractivity (Wildman–Crippen MR) is 138 cm³/mol. The first-order valence-corrected chi connectivity index (χ1v) is 12.6. The van der Waals surface area contributed by atoms with Gasteiger partial charge in [-0.1, -0.05) is 48.5 Å². The molecular formula is C25H23N2NaO5S2. The summed E-state index contributed by atoms with van der Waals surface area (Å²) in [5, 5.41) is 12.8. The van der Waals surface area contributed by atoms with Crippen molar-refractivity contribution in [3.63, 3.8) is 0 Å². The molecule has 2 aliphatic heterocycles. The van der Waals surface area contributed by atoms with Gasteiger partial charge in [0, 0.05) is 22.8 Å². The van der Waals surface area contributed by atoms with Crippen molar-refractivity contribution in [3.8, 4) is 11.3 Å². The molecule has 2 fully saturated rings. The molecule has 1 aromatic heterocycles. The van der Waals surface area contributed by atoms with E-state index >= 15 is 0 Å². The van der Waals surface area contributed by atoms with Crippen LogP contribution < -0.4 is 5.32 Å². The number of β-lactam (4-membered cyclic amide) rings is 1. The van der Waals surface area contributed by atoms with E-state index in [2.05, 4.69) is 5.32 Å². The Bertz CT molecular complexity index is 1220. The molecular weight excluding hydrogens is 495 g/mol. The summed E-state index contributed by atoms with van der Waals surface area (Å²) in [5.41, 5.74) is 1.68. The molecule has 35 heavy (non-hydrogen) atoms. The van der Waals surface area contributed by atoms with Crippen molar-refractivity contribution in [2.75, 3.05) is 12.3 Å². The Morgan fingerprint density at radius 1 is 1.11 bits per heavy atom. The maximum absolute atomic E-state index is 12.9. The maximum atomic E-state index is 12.9. The Balaban J connectivity index is 0.00000289. The quantitative estimate of drug-likeness (QED) is 0.367. The van der Waals surface area contributed by atoms with Gasteiger partial charge in [-0.05, 0) is 23.8 Å². The molecule has 3 heterocycles. The third kappa shape index (κ3) is 5.20. The molecule has 5 rings (SSSR count). The molecule has 2 N–H and O–H groups in total. The van der Waals surface area contributed by atoms with Gasteiger partial charge in [-0.3, -0.25) is 14.4 Å². The summed E-state index contributed by atoms with van der Waals surface area (Å²) >= 11 is 2.64. The summed E-state index contributed by atoms with van der Waals surface area (Å²) in [6.07, 6.45) is 1.77. The Labute approximate surface area is 233 Å². The van der Waals surface area contributed by atoms with Crippen molar-refractivity contribution in [1.29, 1.82) is 0 Å². The molecule has 0 spiro atoms. The van der Waals surface area contributed by atoms with Crippen LogP contribution in [0, 0.1) is 0 Å². The second-order valence-corrected chi connectivity index (χ2v) is 10.8. The van der Waals surface area contributed by atoms with Crippen LogP contribution in [0.15, 0.2) is 82.3 Å². The number of furan rings is 1. The molecule has 2 aliphatic rings. The molecule has 2 aromatic carbocycles. The molecule has 0 aliphatic carbocycles. The molecule has 7 nitrogen and oxygen atoms in total. The van der Waals surface area contributed by atoms with Crippen LogP contribution in [0.4, 0.5) is 0 Å². The molecule has 3 aromatic rings. The number of fused-ring (bicyclic) bond motifs is 1. The Morgan fingerprint density at radius 2 is 1.86 bits per heavy atom. The van der Waals surface area contributed by atoms with Gasteiger partial charge in [0.1, 0.15) is 21.9 Å². The van der Waals surface area contributed by atoms with E-state index in [1.807, 2.05) is 60.7 Å². The van der Waals surface area contributed by atoms with E-state index in [0.717, 1.165) is 16.0 Å². The Morgan fingerprint density at radius 3 is 2.57 bits per heavy atom. The van der Waals surface area contributed by atoms with Crippen LogP contribution >= 0.6 is 23.5 Å². The van der Waals surface area contributed by atoms with Gasteiger partial charge in [0.15, 0.2) is 0 Å². The number of carbonyl (C=O) groups is 3. The second kappa shape index (κ2) is 10.8. The third-order valence-corrected chi connectivity index (χ3v) is 9.07. The summed E-state index contributed by atoms with van der Waals surface area (Å²) in [4.78, 5) is 40.1. The minimum atomic E-state index is -1.21. The fourth-order valence-electron chi connectivity index (χ4n) is 4.19. The van der Waals surface area contributed by atoms with Crippen molar-refractivity contribution < 1.29 is 23.9 Å². The van der Waals surface area contributed by atoms with Gasteiger partial charge >= 0.3 is 35.5 Å². The predicted octanol–water partition coefficient (Wildman–Crippen LogP) is 2.86. The van der Waals surface area contributed by atoms with E-state index in [1.54, 1.807) is 17.2 Å². The van der Waals surface area contributed by atoms with E-state index in [9.17, 15) is 19.5 Å². The SMILES string of the molecule is O=C(Cc1ccccc1)NC1C(=O)N2CC(Sc3ccccc3-c3ccco3)(C(=O)O)CS[C@H]12.[NaH]. The number of thioether (sulfide) groups is 2. The van der Waals surface area contributed by atoms with E-state index in [4.69, 9.17) is 4.42 Å². The van der Waals surface area contributed by atoms with Gasteiger partial charge in [0.25, 0.3) is 0 Å². The van der Waals surface area contributed by atoms with Crippen LogP contribution in [0.25, 0.3) is 11.3 Å². The molecule has 2 unspecified atom stereocenters. The van der Waals surface area contributed by atoms with Crippen LogP contribution in [0.3, 0.4) is 0 Å². The van der Waals surface area contributed by atoms with Crippen molar-refractivity contribution in [2.45, 2.75) is 27.5 Å². The normalized spacial score (nSPS) is 23.0. The number of hydrogen-bond donors (Lipinski definition) is 2. The van der Waals surface area contributed by atoms with Gasteiger partial charge in [-0.25, -0.2) is 0 Å². The van der Waals surface area contributed by atoms with E-state index in [0.29, 0.717) is 11.5 Å². The summed E-state index contributed by atoms with van der Waals surface area (Å²) in [6, 6.07) is 19.8. The number of nitrogens with one attached hydrogen (secondary N) is 1. The number of amides is 2. The summed E-state index contributed by atoms with van der Waals surface area (Å²) < 4.78 is 4.32. The Hall–Kier alpha value is -2.17. The fraction of sp³-hybridized carbons (Fsp3) is 0.240. The Kier molecular flexibility index (Phi) is 8.02. The molecule has 0 radical (unpaired) electrons. The van der Waals surface area contributed by atoms with Crippen LogP contribution in [-0.4, -0.2) is 85.8 Å². The zero-order valence-electron chi connectivity index (χ0n) is 18.0. The number of aliphatic carboxylic acids is 1. The molecule has 10 heteroatoms. The summed E-state index contributed by atoms with van der Waals surface area (Å²) in [7, 11) is 0. The summed E-state index contributed by atoms with van der Waals surface area (Å²) in [5.74, 6) is -0.474. The van der Waals surface area contributed by atoms with E-state index < -0.39 is 16.8 Å². The number of carbonyl (C=O) groups excluding carboxylic acids is 2. The van der Waals surface area contributed by atoms with Crippen molar-refractivity contribution in [2.24, 2.45) is 0 Å². The zero-order chi connectivity index (χ0) is 23.7. The van der Waals surface area contributed by atoms with Gasteiger partial charge in [-0.2, -0.15) is 0 Å². The van der Waals surface area contributed by atoms with Gasteiger partial charge in [-0.15, -0.1) is 23.5 Å². The third-order valence-electron chi connectivity index (χ3n) is 5.95. The first-order valence-electron chi connectivity index (χ1n) is 10.8. The van der Waals surface area contributed by atoms with Crippen molar-refractivity contribution >= 4 is 70.9 Å². The van der Waals surface area contributed by atoms with Gasteiger partial charge in [0.2, 0.25) is 11.8 Å². The molecule has 0 saturated carbocycles. The zero-order valence-corrected chi connectivity index (χ0v) is 19.7. The van der Waals surface area contributed by atoms with Gasteiger partial charge < -0.3 is 19.7 Å². The first-order chi connectivity index (χ1) is 16.5. The monoisotopic (exact) mass is 518 g/mol. The van der Waals surface area contributed by atoms with Crippen molar-refractivity contribution in [3.05, 3.63) is 78.6 Å². The fourth-order valence-corrected chi connectivity index (χ4v) is 7.16. The number of carboxylic acids is 1. The van der Waals surface area contributed by atoms with Crippen LogP contribution in [0.2, 0.25) is 0 Å².